The van der Waals surface area contributed by atoms with Gasteiger partial charge in [0.2, 0.25) is 5.91 Å². The molecule has 0 bridgehead atoms. The molecule has 0 radical (unpaired) electrons. The van der Waals surface area contributed by atoms with Gasteiger partial charge in [-0.2, -0.15) is 0 Å². The number of carbonyl (C=O) groups is 2. The number of nitrogens with one attached hydrogen (secondary N) is 1. The number of carboxylic acids is 1. The lowest BCUT2D eigenvalue weighted by atomic mass is 10.0. The van der Waals surface area contributed by atoms with Crippen molar-refractivity contribution >= 4 is 17.6 Å². The van der Waals surface area contributed by atoms with Crippen molar-refractivity contribution in [1.29, 1.82) is 0 Å². The molecule has 2 unspecified atom stereocenters. The smallest absolute Gasteiger partial charge is 0.308 e. The van der Waals surface area contributed by atoms with Crippen LogP contribution in [0.3, 0.4) is 0 Å². The van der Waals surface area contributed by atoms with Crippen LogP contribution in [0, 0.1) is 11.7 Å². The fourth-order valence-corrected chi connectivity index (χ4v) is 2.51. The van der Waals surface area contributed by atoms with E-state index in [-0.39, 0.29) is 18.5 Å². The van der Waals surface area contributed by atoms with E-state index < -0.39 is 17.7 Å². The maximum atomic E-state index is 13.0. The van der Waals surface area contributed by atoms with E-state index in [0.717, 1.165) is 0 Å². The van der Waals surface area contributed by atoms with Crippen molar-refractivity contribution in [2.45, 2.75) is 19.4 Å². The normalized spacial score (nSPS) is 22.7. The Bertz CT molecular complexity index is 521. The molecule has 1 aliphatic rings. The summed E-state index contributed by atoms with van der Waals surface area (Å²) in [5.41, 5.74) is 0.400. The Morgan fingerprint density at radius 1 is 1.50 bits per heavy atom. The van der Waals surface area contributed by atoms with Crippen LogP contribution in [0.1, 0.15) is 13.3 Å². The van der Waals surface area contributed by atoms with Gasteiger partial charge in [-0.25, -0.2) is 4.39 Å². The Labute approximate surface area is 116 Å². The molecular weight excluding hydrogens is 263 g/mol. The average molecular weight is 280 g/mol. The molecule has 0 saturated carbocycles. The van der Waals surface area contributed by atoms with Crippen LogP contribution in [-0.2, 0) is 9.59 Å². The fraction of sp³-hybridized carbons (Fsp3) is 0.429. The summed E-state index contributed by atoms with van der Waals surface area (Å²) < 4.78 is 13.0. The summed E-state index contributed by atoms with van der Waals surface area (Å²) in [5.74, 6) is -1.95. The highest BCUT2D eigenvalue weighted by atomic mass is 19.1. The molecule has 20 heavy (non-hydrogen) atoms. The molecule has 1 aliphatic heterocycles. The number of halogens is 1. The van der Waals surface area contributed by atoms with Gasteiger partial charge in [-0.05, 0) is 38.1 Å². The zero-order chi connectivity index (χ0) is 14.7. The van der Waals surface area contributed by atoms with Crippen molar-refractivity contribution in [2.75, 3.05) is 18.4 Å². The highest BCUT2D eigenvalue weighted by Crippen LogP contribution is 2.24. The summed E-state index contributed by atoms with van der Waals surface area (Å²) in [5, 5.41) is 11.6. The number of hydrogen-bond donors (Lipinski definition) is 2. The Kier molecular flexibility index (Phi) is 4.34. The van der Waals surface area contributed by atoms with E-state index in [0.29, 0.717) is 18.7 Å². The van der Waals surface area contributed by atoms with Gasteiger partial charge >= 0.3 is 5.97 Å². The first-order chi connectivity index (χ1) is 9.47. The quantitative estimate of drug-likeness (QED) is 0.878. The van der Waals surface area contributed by atoms with Crippen molar-refractivity contribution in [3.63, 3.8) is 0 Å². The van der Waals surface area contributed by atoms with Crippen molar-refractivity contribution in [2.24, 2.45) is 5.92 Å². The van der Waals surface area contributed by atoms with Crippen LogP contribution in [0.25, 0.3) is 0 Å². The van der Waals surface area contributed by atoms with Gasteiger partial charge in [0, 0.05) is 11.7 Å². The minimum absolute atomic E-state index is 0.113. The minimum atomic E-state index is -0.828. The molecule has 1 fully saturated rings. The van der Waals surface area contributed by atoms with Crippen LogP contribution < -0.4 is 5.32 Å². The summed E-state index contributed by atoms with van der Waals surface area (Å²) in [6.45, 7) is 2.50. The predicted octanol–water partition coefficient (Wildman–Crippen LogP) is 1.56. The number of hydrogen-bond acceptors (Lipinski definition) is 3. The lowest BCUT2D eigenvalue weighted by Crippen LogP contribution is -2.38. The van der Waals surface area contributed by atoms with Crippen molar-refractivity contribution in [1.82, 2.24) is 4.90 Å². The highest BCUT2D eigenvalue weighted by molar-refractivity contribution is 5.92. The predicted molar refractivity (Wildman–Crippen MR) is 71.8 cm³/mol. The van der Waals surface area contributed by atoms with E-state index in [4.69, 9.17) is 5.11 Å². The van der Waals surface area contributed by atoms with Gasteiger partial charge in [0.05, 0.1) is 12.5 Å². The van der Waals surface area contributed by atoms with E-state index >= 15 is 0 Å². The summed E-state index contributed by atoms with van der Waals surface area (Å²) >= 11 is 0. The number of anilines is 1. The van der Waals surface area contributed by atoms with Crippen LogP contribution >= 0.6 is 0 Å². The number of nitrogens with zero attached hydrogens (tertiary/aromatic N) is 1. The third kappa shape index (κ3) is 3.33. The standard InChI is InChI=1S/C14H17FN2O3/c1-9-12(14(19)20)5-6-17(9)8-13(18)16-11-4-2-3-10(15)7-11/h2-4,7,9,12H,5-6,8H2,1H3,(H,16,18)(H,19,20). The molecule has 2 atom stereocenters. The molecule has 1 amide bonds. The lowest BCUT2D eigenvalue weighted by molar-refractivity contribution is -0.142. The van der Waals surface area contributed by atoms with E-state index in [1.54, 1.807) is 13.0 Å². The van der Waals surface area contributed by atoms with Gasteiger partial charge in [0.1, 0.15) is 5.82 Å². The van der Waals surface area contributed by atoms with Crippen LogP contribution in [-0.4, -0.2) is 41.0 Å². The second-order valence-corrected chi connectivity index (χ2v) is 5.00. The number of aliphatic carboxylic acids is 1. The van der Waals surface area contributed by atoms with Gasteiger partial charge in [-0.15, -0.1) is 0 Å². The van der Waals surface area contributed by atoms with Crippen LogP contribution in [0.2, 0.25) is 0 Å². The number of rotatable bonds is 4. The fourth-order valence-electron chi connectivity index (χ4n) is 2.51. The molecule has 5 nitrogen and oxygen atoms in total. The molecule has 108 valence electrons. The number of likely N-dealkylation sites (tertiary alicyclic amines) is 1. The van der Waals surface area contributed by atoms with Crippen LogP contribution in [0.4, 0.5) is 10.1 Å². The summed E-state index contributed by atoms with van der Waals surface area (Å²) in [6.07, 6.45) is 0.545. The molecule has 0 aliphatic carbocycles. The molecule has 0 aromatic heterocycles. The summed E-state index contributed by atoms with van der Waals surface area (Å²) in [6, 6.07) is 5.49. The van der Waals surface area contributed by atoms with Crippen molar-refractivity contribution < 1.29 is 19.1 Å². The minimum Gasteiger partial charge on any atom is -0.481 e. The van der Waals surface area contributed by atoms with Crippen LogP contribution in [0.15, 0.2) is 24.3 Å². The Hall–Kier alpha value is -1.95. The van der Waals surface area contributed by atoms with Crippen molar-refractivity contribution in [3.8, 4) is 0 Å². The lowest BCUT2D eigenvalue weighted by Gasteiger charge is -2.22. The maximum Gasteiger partial charge on any atom is 0.308 e. The first-order valence-corrected chi connectivity index (χ1v) is 6.49. The molecule has 1 heterocycles. The summed E-state index contributed by atoms with van der Waals surface area (Å²) in [4.78, 5) is 24.7. The highest BCUT2D eigenvalue weighted by Gasteiger charge is 2.36. The Morgan fingerprint density at radius 2 is 2.25 bits per heavy atom. The van der Waals surface area contributed by atoms with Crippen molar-refractivity contribution in [3.05, 3.63) is 30.1 Å². The molecule has 1 aromatic carbocycles. The third-order valence-corrected chi connectivity index (χ3v) is 3.66. The van der Waals surface area contributed by atoms with Gasteiger partial charge in [-0.3, -0.25) is 14.5 Å². The zero-order valence-electron chi connectivity index (χ0n) is 11.2. The molecule has 1 aromatic rings. The number of carbonyl (C=O) groups excluding carboxylic acids is 1. The van der Waals surface area contributed by atoms with Gasteiger partial charge in [-0.1, -0.05) is 6.07 Å². The second kappa shape index (κ2) is 6.00. The van der Waals surface area contributed by atoms with E-state index in [2.05, 4.69) is 5.32 Å². The molecule has 2 rings (SSSR count). The largest absolute Gasteiger partial charge is 0.481 e. The molecular formula is C14H17FN2O3. The number of carboxylic acid groups (broad SMARTS) is 1. The Morgan fingerprint density at radius 3 is 2.85 bits per heavy atom. The van der Waals surface area contributed by atoms with Gasteiger partial charge < -0.3 is 10.4 Å². The summed E-state index contributed by atoms with van der Waals surface area (Å²) in [7, 11) is 0. The molecule has 2 N–H and O–H groups in total. The molecule has 0 spiro atoms. The monoisotopic (exact) mass is 280 g/mol. The molecule has 1 saturated heterocycles. The van der Waals surface area contributed by atoms with E-state index in [1.807, 2.05) is 4.90 Å². The molecule has 6 heteroatoms. The van der Waals surface area contributed by atoms with Crippen LogP contribution in [0.5, 0.6) is 0 Å². The third-order valence-electron chi connectivity index (χ3n) is 3.66. The average Bonchev–Trinajstić information content (AvgIpc) is 2.71. The maximum absolute atomic E-state index is 13.0. The SMILES string of the molecule is CC1C(C(=O)O)CCN1CC(=O)Nc1cccc(F)c1. The Balaban J connectivity index is 1.91. The van der Waals surface area contributed by atoms with Gasteiger partial charge in [0.25, 0.3) is 0 Å². The topological polar surface area (TPSA) is 69.6 Å². The number of amides is 1. The second-order valence-electron chi connectivity index (χ2n) is 5.00. The van der Waals surface area contributed by atoms with E-state index in [9.17, 15) is 14.0 Å². The first kappa shape index (κ1) is 14.5. The number of benzene rings is 1. The van der Waals surface area contributed by atoms with E-state index in [1.165, 1.54) is 18.2 Å². The zero-order valence-corrected chi connectivity index (χ0v) is 11.2. The first-order valence-electron chi connectivity index (χ1n) is 6.49. The van der Waals surface area contributed by atoms with Gasteiger partial charge in [0.15, 0.2) is 0 Å².